The number of thiazole rings is 1. The van der Waals surface area contributed by atoms with Gasteiger partial charge in [-0.25, -0.2) is 23.4 Å². The zero-order valence-corrected chi connectivity index (χ0v) is 21.7. The van der Waals surface area contributed by atoms with Gasteiger partial charge in [-0.15, -0.1) is 21.5 Å². The molecule has 0 saturated carbocycles. The van der Waals surface area contributed by atoms with Crippen molar-refractivity contribution in [2.75, 3.05) is 14.2 Å². The molecular weight excluding hydrogens is 488 g/mol. The minimum atomic E-state index is -3.66. The Morgan fingerprint density at radius 1 is 1.06 bits per heavy atom. The van der Waals surface area contributed by atoms with Crippen molar-refractivity contribution in [2.45, 2.75) is 38.2 Å². The normalized spacial score (nSPS) is 12.5. The molecule has 3 aromatic heterocycles. The molecule has 0 unspecified atom stereocenters. The molecule has 1 atom stereocenters. The number of methoxy groups -OCH3 is 2. The Labute approximate surface area is 208 Å². The SMILES string of the molecule is COc1cccc(OC)c1-n1c(CS(=O)(=O)[C@H](C)Cc2ncc(C)cn2)nnc1-c1nc(C)cs1. The van der Waals surface area contributed by atoms with Crippen molar-refractivity contribution in [3.63, 3.8) is 0 Å². The molecule has 0 radical (unpaired) electrons. The molecule has 4 rings (SSSR count). The number of benzene rings is 1. The molecule has 184 valence electrons. The van der Waals surface area contributed by atoms with Crippen molar-refractivity contribution < 1.29 is 17.9 Å². The van der Waals surface area contributed by atoms with E-state index in [1.807, 2.05) is 19.2 Å². The van der Waals surface area contributed by atoms with Crippen molar-refractivity contribution in [2.24, 2.45) is 0 Å². The molecule has 0 spiro atoms. The third kappa shape index (κ3) is 5.17. The minimum Gasteiger partial charge on any atom is -0.494 e. The standard InChI is InChI=1S/C23H26N6O4S2/c1-14-10-24-19(25-11-14)9-16(3)35(30,31)13-20-27-28-22(23-26-15(2)12-34-23)29(20)21-17(32-4)7-6-8-18(21)33-5/h6-8,10-12,16H,9,13H2,1-5H3/t16-/m1/s1. The van der Waals surface area contributed by atoms with E-state index in [4.69, 9.17) is 9.47 Å². The Kier molecular flexibility index (Phi) is 7.13. The Hall–Kier alpha value is -3.38. The maximum atomic E-state index is 13.4. The lowest BCUT2D eigenvalue weighted by Crippen LogP contribution is -2.24. The Balaban J connectivity index is 1.79. The van der Waals surface area contributed by atoms with Gasteiger partial charge >= 0.3 is 0 Å². The van der Waals surface area contributed by atoms with Crippen molar-refractivity contribution in [1.29, 1.82) is 0 Å². The van der Waals surface area contributed by atoms with Gasteiger partial charge in [0.05, 0.1) is 19.5 Å². The number of hydrogen-bond acceptors (Lipinski definition) is 10. The number of nitrogens with zero attached hydrogens (tertiary/aromatic N) is 6. The summed E-state index contributed by atoms with van der Waals surface area (Å²) >= 11 is 1.40. The highest BCUT2D eigenvalue weighted by Crippen LogP contribution is 2.37. The van der Waals surface area contributed by atoms with Gasteiger partial charge in [-0.05, 0) is 38.5 Å². The maximum Gasteiger partial charge on any atom is 0.197 e. The molecule has 3 heterocycles. The second kappa shape index (κ2) is 10.1. The quantitative estimate of drug-likeness (QED) is 0.331. The summed E-state index contributed by atoms with van der Waals surface area (Å²) < 4.78 is 39.6. The largest absolute Gasteiger partial charge is 0.494 e. The lowest BCUT2D eigenvalue weighted by molar-refractivity contribution is 0.391. The Morgan fingerprint density at radius 3 is 2.29 bits per heavy atom. The predicted octanol–water partition coefficient (Wildman–Crippen LogP) is 3.36. The lowest BCUT2D eigenvalue weighted by atomic mass is 10.2. The van der Waals surface area contributed by atoms with E-state index in [1.54, 1.807) is 42.1 Å². The fourth-order valence-electron chi connectivity index (χ4n) is 3.52. The van der Waals surface area contributed by atoms with Crippen LogP contribution >= 0.6 is 11.3 Å². The van der Waals surface area contributed by atoms with E-state index >= 15 is 0 Å². The van der Waals surface area contributed by atoms with Gasteiger partial charge in [0.1, 0.15) is 28.8 Å². The third-order valence-corrected chi connectivity index (χ3v) is 8.42. The molecule has 1 aromatic carbocycles. The second-order valence-electron chi connectivity index (χ2n) is 8.08. The summed E-state index contributed by atoms with van der Waals surface area (Å²) in [7, 11) is -0.582. The first-order chi connectivity index (χ1) is 16.7. The van der Waals surface area contributed by atoms with Gasteiger partial charge < -0.3 is 9.47 Å². The number of rotatable bonds is 9. The molecular formula is C23H26N6O4S2. The Bertz CT molecular complexity index is 1410. The highest BCUT2D eigenvalue weighted by atomic mass is 32.2. The van der Waals surface area contributed by atoms with Gasteiger partial charge in [-0.1, -0.05) is 6.07 Å². The molecule has 0 N–H and O–H groups in total. The van der Waals surface area contributed by atoms with Crippen molar-refractivity contribution in [3.8, 4) is 28.0 Å². The molecule has 0 aliphatic heterocycles. The first kappa shape index (κ1) is 24.7. The summed E-state index contributed by atoms with van der Waals surface area (Å²) in [5.74, 6) is 1.73. The van der Waals surface area contributed by atoms with Crippen molar-refractivity contribution >= 4 is 21.2 Å². The zero-order valence-electron chi connectivity index (χ0n) is 20.1. The van der Waals surface area contributed by atoms with Crippen LogP contribution in [0, 0.1) is 13.8 Å². The van der Waals surface area contributed by atoms with Crippen LogP contribution in [0.5, 0.6) is 11.5 Å². The number of ether oxygens (including phenoxy) is 2. The van der Waals surface area contributed by atoms with E-state index in [2.05, 4.69) is 25.1 Å². The van der Waals surface area contributed by atoms with Crippen LogP contribution in [0.4, 0.5) is 0 Å². The van der Waals surface area contributed by atoms with Gasteiger partial charge in [0.15, 0.2) is 26.5 Å². The number of sulfone groups is 1. The van der Waals surface area contributed by atoms with Crippen molar-refractivity contribution in [1.82, 2.24) is 29.7 Å². The fraction of sp³-hybridized carbons (Fsp3) is 0.348. The van der Waals surface area contributed by atoms with E-state index in [0.717, 1.165) is 11.3 Å². The number of aromatic nitrogens is 6. The second-order valence-corrected chi connectivity index (χ2v) is 11.4. The van der Waals surface area contributed by atoms with Gasteiger partial charge in [-0.3, -0.25) is 4.57 Å². The number of para-hydroxylation sites is 1. The summed E-state index contributed by atoms with van der Waals surface area (Å²) in [6, 6.07) is 5.33. The predicted molar refractivity (Wildman–Crippen MR) is 133 cm³/mol. The molecule has 12 heteroatoms. The summed E-state index contributed by atoms with van der Waals surface area (Å²) in [5.41, 5.74) is 2.24. The van der Waals surface area contributed by atoms with Crippen LogP contribution in [0.1, 0.15) is 29.8 Å². The molecule has 10 nitrogen and oxygen atoms in total. The van der Waals surface area contributed by atoms with Crippen LogP contribution in [0.15, 0.2) is 36.0 Å². The summed E-state index contributed by atoms with van der Waals surface area (Å²) in [5, 5.41) is 10.4. The van der Waals surface area contributed by atoms with Gasteiger partial charge in [-0.2, -0.15) is 0 Å². The fourth-order valence-corrected chi connectivity index (χ4v) is 5.53. The molecule has 0 bridgehead atoms. The molecule has 0 aliphatic carbocycles. The van der Waals surface area contributed by atoms with Crippen LogP contribution in [0.25, 0.3) is 16.5 Å². The van der Waals surface area contributed by atoms with E-state index < -0.39 is 15.1 Å². The highest BCUT2D eigenvalue weighted by Gasteiger charge is 2.29. The van der Waals surface area contributed by atoms with E-state index in [0.29, 0.717) is 33.8 Å². The lowest BCUT2D eigenvalue weighted by Gasteiger charge is -2.17. The average Bonchev–Trinajstić information content (AvgIpc) is 3.45. The monoisotopic (exact) mass is 514 g/mol. The summed E-state index contributed by atoms with van der Waals surface area (Å²) in [4.78, 5) is 13.0. The van der Waals surface area contributed by atoms with E-state index in [-0.39, 0.29) is 18.0 Å². The maximum absolute atomic E-state index is 13.4. The van der Waals surface area contributed by atoms with Crippen LogP contribution in [-0.4, -0.2) is 57.6 Å². The van der Waals surface area contributed by atoms with Crippen LogP contribution in [0.2, 0.25) is 0 Å². The van der Waals surface area contributed by atoms with E-state index in [9.17, 15) is 8.42 Å². The summed E-state index contributed by atoms with van der Waals surface area (Å²) in [6.45, 7) is 5.41. The first-order valence-electron chi connectivity index (χ1n) is 10.8. The average molecular weight is 515 g/mol. The molecule has 0 fully saturated rings. The minimum absolute atomic E-state index is 0.188. The van der Waals surface area contributed by atoms with Crippen molar-refractivity contribution in [3.05, 3.63) is 58.9 Å². The zero-order chi connectivity index (χ0) is 25.2. The van der Waals surface area contributed by atoms with E-state index in [1.165, 1.54) is 25.6 Å². The first-order valence-corrected chi connectivity index (χ1v) is 13.4. The number of hydrogen-bond donors (Lipinski definition) is 0. The van der Waals surface area contributed by atoms with Crippen LogP contribution in [0.3, 0.4) is 0 Å². The highest BCUT2D eigenvalue weighted by molar-refractivity contribution is 7.91. The molecule has 0 saturated heterocycles. The smallest absolute Gasteiger partial charge is 0.197 e. The number of aryl methyl sites for hydroxylation is 2. The van der Waals surface area contributed by atoms with Crippen LogP contribution < -0.4 is 9.47 Å². The van der Waals surface area contributed by atoms with Crippen LogP contribution in [-0.2, 0) is 22.0 Å². The molecule has 4 aromatic rings. The molecule has 0 amide bonds. The van der Waals surface area contributed by atoms with Gasteiger partial charge in [0.25, 0.3) is 0 Å². The summed E-state index contributed by atoms with van der Waals surface area (Å²) in [6.07, 6.45) is 3.54. The molecule has 35 heavy (non-hydrogen) atoms. The van der Waals surface area contributed by atoms with Gasteiger partial charge in [0, 0.05) is 29.9 Å². The Morgan fingerprint density at radius 2 is 1.71 bits per heavy atom. The molecule has 0 aliphatic rings. The topological polar surface area (TPSA) is 122 Å². The van der Waals surface area contributed by atoms with Gasteiger partial charge in [0.2, 0.25) is 0 Å². The third-order valence-electron chi connectivity index (χ3n) is 5.41.